The van der Waals surface area contributed by atoms with Gasteiger partial charge in [-0.25, -0.2) is 23.7 Å². The van der Waals surface area contributed by atoms with E-state index in [0.29, 0.717) is 23.5 Å². The fraction of sp³-hybridized carbons (Fsp3) is 0.552. The standard InChI is InChI=1S/C29H32BF2N7O8P2S/c30-48(40)42-11-17-24(22(32)29(44-17)39-10-15-4-2-7-34-25-20(15)27(39)37-13-36-25)47-49(41,50)43-12-18-23(46-48)21(31)28(45-18)38-9-14-3-1-6-33-16-5-8-35-26(38)19(14)16/h5,8-10,13,17-18,21-24,28-29,33H,1-4,6-7,11-12H2,(H,41,50)(H,34,36,37)/t17-,18-,21+,22?,23?,24+,28-,29-,48?,49?/m1/s1. The van der Waals surface area contributed by atoms with Gasteiger partial charge in [0.1, 0.15) is 47.9 Å². The number of alkyl halides is 2. The highest BCUT2D eigenvalue weighted by Gasteiger charge is 2.54. The molecule has 3 saturated heterocycles. The summed E-state index contributed by atoms with van der Waals surface area (Å²) in [5.74, 6) is 0.625. The lowest BCUT2D eigenvalue weighted by Gasteiger charge is -2.29. The van der Waals surface area contributed by atoms with Crippen molar-refractivity contribution < 1.29 is 45.8 Å². The van der Waals surface area contributed by atoms with Crippen molar-refractivity contribution in [2.24, 2.45) is 0 Å². The average molecular weight is 749 g/mol. The number of rotatable bonds is 2. The normalized spacial score (nSPS) is 37.5. The lowest BCUT2D eigenvalue weighted by atomic mass is 10.1. The molecule has 2 radical (unpaired) electrons. The van der Waals surface area contributed by atoms with Crippen LogP contribution in [-0.2, 0) is 56.8 Å². The van der Waals surface area contributed by atoms with Crippen molar-refractivity contribution in [3.05, 3.63) is 42.1 Å². The molecule has 4 aromatic rings. The van der Waals surface area contributed by atoms with Gasteiger partial charge in [0.2, 0.25) is 7.57 Å². The van der Waals surface area contributed by atoms with Crippen LogP contribution < -0.4 is 10.6 Å². The van der Waals surface area contributed by atoms with Crippen molar-refractivity contribution in [1.82, 2.24) is 24.1 Å². The van der Waals surface area contributed by atoms with E-state index in [2.05, 4.69) is 25.6 Å². The molecule has 10 atom stereocenters. The van der Waals surface area contributed by atoms with E-state index in [0.717, 1.165) is 59.9 Å². The minimum absolute atomic E-state index is 0.425. The van der Waals surface area contributed by atoms with Crippen LogP contribution in [0.3, 0.4) is 0 Å². The smallest absolute Gasteiger partial charge is 0.325 e. The quantitative estimate of drug-likeness (QED) is 0.199. The second kappa shape index (κ2) is 12.5. The second-order valence-corrected chi connectivity index (χ2v) is 17.3. The lowest BCUT2D eigenvalue weighted by molar-refractivity contribution is -0.0564. The lowest BCUT2D eigenvalue weighted by Crippen LogP contribution is -2.37. The minimum atomic E-state index is -4.54. The number of nitrogens with one attached hydrogen (secondary N) is 2. The van der Waals surface area contributed by atoms with Gasteiger partial charge in [-0.3, -0.25) is 9.09 Å². The predicted molar refractivity (Wildman–Crippen MR) is 180 cm³/mol. The maximum absolute atomic E-state index is 16.4. The maximum Gasteiger partial charge on any atom is 0.325 e. The molecule has 3 fully saturated rings. The molecule has 9 rings (SSSR count). The van der Waals surface area contributed by atoms with Crippen LogP contribution in [0.25, 0.3) is 22.1 Å². The first-order chi connectivity index (χ1) is 24.1. The van der Waals surface area contributed by atoms with Gasteiger partial charge < -0.3 is 47.7 Å². The number of halogens is 2. The largest absolute Gasteiger partial charge is 0.384 e. The Morgan fingerprint density at radius 2 is 1.50 bits per heavy atom. The van der Waals surface area contributed by atoms with Gasteiger partial charge in [-0.15, -0.1) is 0 Å². The third-order valence-electron chi connectivity index (χ3n) is 9.76. The van der Waals surface area contributed by atoms with E-state index in [4.69, 9.17) is 46.9 Å². The molecule has 5 aliphatic heterocycles. The summed E-state index contributed by atoms with van der Waals surface area (Å²) in [4.78, 5) is 24.4. The molecule has 15 nitrogen and oxygen atoms in total. The number of pyridine rings is 1. The predicted octanol–water partition coefficient (Wildman–Crippen LogP) is 3.98. The number of anilines is 2. The van der Waals surface area contributed by atoms with E-state index >= 15 is 8.78 Å². The Kier molecular flexibility index (Phi) is 8.35. The summed E-state index contributed by atoms with van der Waals surface area (Å²) >= 11 is 5.30. The molecule has 0 aliphatic carbocycles. The Labute approximate surface area is 290 Å². The van der Waals surface area contributed by atoms with Crippen LogP contribution in [0.2, 0.25) is 0 Å². The van der Waals surface area contributed by atoms with Crippen LogP contribution in [0.5, 0.6) is 0 Å². The van der Waals surface area contributed by atoms with E-state index in [9.17, 15) is 9.46 Å². The SMILES string of the molecule is [B]P1(=O)OC[C@H]2O[C@@H](n3cc4c5c(ncnc53)NCCC4)C(F)[C@H]2OP(O)(=S)OC[C@H]2O[C@@H](n3cc4c5c(ccnc53)NCCC4)[C@@H](F)C2O1. The van der Waals surface area contributed by atoms with E-state index < -0.39 is 76.6 Å². The maximum atomic E-state index is 16.4. The van der Waals surface area contributed by atoms with Gasteiger partial charge in [0.05, 0.1) is 18.6 Å². The second-order valence-electron chi connectivity index (χ2n) is 12.9. The third-order valence-corrected chi connectivity index (χ3v) is 12.4. The molecule has 0 bridgehead atoms. The van der Waals surface area contributed by atoms with Crippen LogP contribution in [0.1, 0.15) is 36.4 Å². The van der Waals surface area contributed by atoms with E-state index in [1.807, 2.05) is 6.07 Å². The molecule has 21 heteroatoms. The van der Waals surface area contributed by atoms with Crippen LogP contribution in [0, 0.1) is 0 Å². The number of hydrogen-bond acceptors (Lipinski definition) is 13. The summed E-state index contributed by atoms with van der Waals surface area (Å²) in [6.45, 7) is -3.89. The highest BCUT2D eigenvalue weighted by molar-refractivity contribution is 8.07. The molecule has 0 aromatic carbocycles. The van der Waals surface area contributed by atoms with E-state index in [1.54, 1.807) is 23.2 Å². The molecular weight excluding hydrogens is 717 g/mol. The Morgan fingerprint density at radius 1 is 0.880 bits per heavy atom. The number of hydrogen-bond donors (Lipinski definition) is 3. The summed E-state index contributed by atoms with van der Waals surface area (Å²) in [6, 6.07) is 1.85. The van der Waals surface area contributed by atoms with Crippen LogP contribution >= 0.6 is 14.2 Å². The van der Waals surface area contributed by atoms with Gasteiger partial charge in [-0.2, -0.15) is 0 Å². The van der Waals surface area contributed by atoms with Crippen molar-refractivity contribution >= 4 is 67.1 Å². The van der Waals surface area contributed by atoms with Gasteiger partial charge in [-0.05, 0) is 54.7 Å². The monoisotopic (exact) mass is 749 g/mol. The first kappa shape index (κ1) is 33.3. The van der Waals surface area contributed by atoms with Gasteiger partial charge >= 0.3 is 6.72 Å². The number of fused-ring (bicyclic) bond motifs is 2. The Morgan fingerprint density at radius 3 is 2.22 bits per heavy atom. The molecule has 264 valence electrons. The molecule has 3 N–H and O–H groups in total. The zero-order valence-corrected chi connectivity index (χ0v) is 28.9. The summed E-state index contributed by atoms with van der Waals surface area (Å²) in [5, 5.41) is 8.22. The Hall–Kier alpha value is -2.57. The molecule has 50 heavy (non-hydrogen) atoms. The van der Waals surface area contributed by atoms with Crippen molar-refractivity contribution in [1.29, 1.82) is 0 Å². The van der Waals surface area contributed by atoms with Crippen molar-refractivity contribution in [2.75, 3.05) is 36.9 Å². The van der Waals surface area contributed by atoms with Gasteiger partial charge in [0.15, 0.2) is 24.8 Å². The molecule has 0 spiro atoms. The molecular formula is C29H32BF2N7O8P2S. The van der Waals surface area contributed by atoms with E-state index in [1.165, 1.54) is 10.9 Å². The van der Waals surface area contributed by atoms with E-state index in [-0.39, 0.29) is 0 Å². The molecule has 4 aromatic heterocycles. The van der Waals surface area contributed by atoms with Crippen molar-refractivity contribution in [2.45, 2.75) is 74.9 Å². The highest BCUT2D eigenvalue weighted by atomic mass is 32.5. The number of nitrogens with zero attached hydrogens (tertiary/aromatic N) is 5. The minimum Gasteiger partial charge on any atom is -0.384 e. The van der Waals surface area contributed by atoms with Crippen molar-refractivity contribution in [3.8, 4) is 0 Å². The van der Waals surface area contributed by atoms with Crippen LogP contribution in [0.15, 0.2) is 31.0 Å². The molecule has 4 unspecified atom stereocenters. The number of aryl methyl sites for hydroxylation is 2. The zero-order valence-electron chi connectivity index (χ0n) is 26.3. The summed E-state index contributed by atoms with van der Waals surface area (Å²) in [5.41, 5.74) is 3.64. The Bertz CT molecular complexity index is 1930. The van der Waals surface area contributed by atoms with Gasteiger partial charge in [0, 0.05) is 42.8 Å². The van der Waals surface area contributed by atoms with Crippen molar-refractivity contribution in [3.63, 3.8) is 0 Å². The zero-order chi connectivity index (χ0) is 34.4. The third kappa shape index (κ3) is 5.70. The summed E-state index contributed by atoms with van der Waals surface area (Å²) < 4.78 is 84.2. The number of ether oxygens (including phenoxy) is 2. The fourth-order valence-corrected chi connectivity index (χ4v) is 9.98. The summed E-state index contributed by atoms with van der Waals surface area (Å²) in [7, 11) is 1.48. The molecule has 9 heterocycles. The highest BCUT2D eigenvalue weighted by Crippen LogP contribution is 2.54. The Balaban J connectivity index is 1.00. The van der Waals surface area contributed by atoms with Crippen LogP contribution in [-0.4, -0.2) is 99.6 Å². The first-order valence-corrected chi connectivity index (χ1v) is 20.5. The number of aromatic nitrogens is 5. The topological polar surface area (TPSA) is 165 Å². The molecule has 5 aliphatic rings. The fourth-order valence-electron chi connectivity index (χ4n) is 7.54. The first-order valence-electron chi connectivity index (χ1n) is 16.3. The average Bonchev–Trinajstić information content (AvgIpc) is 3.71. The van der Waals surface area contributed by atoms with Gasteiger partial charge in [-0.1, -0.05) is 0 Å². The summed E-state index contributed by atoms with van der Waals surface area (Å²) in [6.07, 6.45) is -2.53. The molecule has 0 saturated carbocycles. The molecule has 0 amide bonds. The van der Waals surface area contributed by atoms with Crippen LogP contribution in [0.4, 0.5) is 20.3 Å². The van der Waals surface area contributed by atoms with Gasteiger partial charge in [0.25, 0.3) is 7.47 Å².